The summed E-state index contributed by atoms with van der Waals surface area (Å²) in [5, 5.41) is 0.826. The first kappa shape index (κ1) is 10.4. The Morgan fingerprint density at radius 2 is 1.93 bits per heavy atom. The van der Waals surface area contributed by atoms with Crippen molar-refractivity contribution in [3.05, 3.63) is 30.5 Å². The number of hydrogen-bond donors (Lipinski definition) is 0. The Morgan fingerprint density at radius 1 is 1.20 bits per heavy atom. The van der Waals surface area contributed by atoms with Gasteiger partial charge in [-0.1, -0.05) is 0 Å². The molecule has 0 fully saturated rings. The number of rotatable bonds is 1. The molecule has 0 radical (unpaired) electrons. The molecule has 1 aromatic carbocycles. The zero-order valence-electron chi connectivity index (χ0n) is 7.88. The standard InChI is InChI=1S/C10H8F3NS/c1-14-5-4-7-6-8(2-3-9(7)14)15-10(11,12)13/h2-6H,1H3. The highest BCUT2D eigenvalue weighted by molar-refractivity contribution is 8.00. The van der Waals surface area contributed by atoms with Crippen LogP contribution in [0, 0.1) is 0 Å². The van der Waals surface area contributed by atoms with Gasteiger partial charge in [-0.3, -0.25) is 0 Å². The van der Waals surface area contributed by atoms with Crippen LogP contribution in [-0.4, -0.2) is 10.1 Å². The van der Waals surface area contributed by atoms with E-state index in [1.54, 1.807) is 18.2 Å². The number of hydrogen-bond acceptors (Lipinski definition) is 1. The van der Waals surface area contributed by atoms with Gasteiger partial charge in [0, 0.05) is 29.0 Å². The zero-order valence-corrected chi connectivity index (χ0v) is 8.69. The first-order valence-corrected chi connectivity index (χ1v) is 5.08. The smallest absolute Gasteiger partial charge is 0.351 e. The lowest BCUT2D eigenvalue weighted by atomic mass is 10.2. The SMILES string of the molecule is Cn1ccc2cc(SC(F)(F)F)ccc21. The first-order valence-electron chi connectivity index (χ1n) is 4.26. The molecular weight excluding hydrogens is 223 g/mol. The predicted molar refractivity (Wildman–Crippen MR) is 54.8 cm³/mol. The zero-order chi connectivity index (χ0) is 11.1. The van der Waals surface area contributed by atoms with Crippen molar-refractivity contribution in [1.29, 1.82) is 0 Å². The summed E-state index contributed by atoms with van der Waals surface area (Å²) in [6.45, 7) is 0. The molecule has 0 aliphatic heterocycles. The summed E-state index contributed by atoms with van der Waals surface area (Å²) >= 11 is -0.0844. The molecule has 1 aromatic heterocycles. The van der Waals surface area contributed by atoms with Crippen molar-refractivity contribution in [2.24, 2.45) is 7.05 Å². The maximum Gasteiger partial charge on any atom is 0.446 e. The summed E-state index contributed by atoms with van der Waals surface area (Å²) in [6, 6.07) is 6.53. The minimum atomic E-state index is -4.22. The van der Waals surface area contributed by atoms with Crippen molar-refractivity contribution in [2.45, 2.75) is 10.4 Å². The van der Waals surface area contributed by atoms with Crippen molar-refractivity contribution < 1.29 is 13.2 Å². The average molecular weight is 231 g/mol. The van der Waals surface area contributed by atoms with E-state index in [4.69, 9.17) is 0 Å². The van der Waals surface area contributed by atoms with Crippen LogP contribution in [0.3, 0.4) is 0 Å². The summed E-state index contributed by atoms with van der Waals surface area (Å²) in [7, 11) is 1.86. The fourth-order valence-electron chi connectivity index (χ4n) is 1.46. The van der Waals surface area contributed by atoms with Crippen molar-refractivity contribution in [2.75, 3.05) is 0 Å². The molecule has 80 valence electrons. The minimum Gasteiger partial charge on any atom is -0.351 e. The lowest BCUT2D eigenvalue weighted by Gasteiger charge is -2.05. The van der Waals surface area contributed by atoms with E-state index in [2.05, 4.69) is 0 Å². The topological polar surface area (TPSA) is 4.93 Å². The van der Waals surface area contributed by atoms with E-state index in [1.807, 2.05) is 17.8 Å². The van der Waals surface area contributed by atoms with Gasteiger partial charge in [0.2, 0.25) is 0 Å². The molecule has 2 aromatic rings. The molecule has 1 heterocycles. The van der Waals surface area contributed by atoms with Crippen LogP contribution in [0.15, 0.2) is 35.4 Å². The third-order valence-corrected chi connectivity index (χ3v) is 2.81. The van der Waals surface area contributed by atoms with Crippen LogP contribution in [0.4, 0.5) is 13.2 Å². The first-order chi connectivity index (χ1) is 6.96. The molecule has 0 saturated heterocycles. The fraction of sp³-hybridized carbons (Fsp3) is 0.200. The van der Waals surface area contributed by atoms with E-state index >= 15 is 0 Å². The van der Waals surface area contributed by atoms with Crippen LogP contribution in [0.2, 0.25) is 0 Å². The molecule has 0 bridgehead atoms. The van der Waals surface area contributed by atoms with Crippen LogP contribution in [0.25, 0.3) is 10.9 Å². The lowest BCUT2D eigenvalue weighted by Crippen LogP contribution is -1.98. The molecular formula is C10H8F3NS. The summed E-state index contributed by atoms with van der Waals surface area (Å²) in [4.78, 5) is 0.223. The van der Waals surface area contributed by atoms with Gasteiger partial charge < -0.3 is 4.57 Å². The van der Waals surface area contributed by atoms with Crippen LogP contribution >= 0.6 is 11.8 Å². The predicted octanol–water partition coefficient (Wildman–Crippen LogP) is 3.79. The van der Waals surface area contributed by atoms with Gasteiger partial charge in [0.05, 0.1) is 0 Å². The Bertz CT molecular complexity index is 487. The monoisotopic (exact) mass is 231 g/mol. The highest BCUT2D eigenvalue weighted by Crippen LogP contribution is 2.37. The Balaban J connectivity index is 2.39. The highest BCUT2D eigenvalue weighted by Gasteiger charge is 2.29. The van der Waals surface area contributed by atoms with E-state index in [0.717, 1.165) is 10.9 Å². The highest BCUT2D eigenvalue weighted by atomic mass is 32.2. The van der Waals surface area contributed by atoms with Gasteiger partial charge in [-0.2, -0.15) is 13.2 Å². The second-order valence-corrected chi connectivity index (χ2v) is 4.33. The molecule has 0 amide bonds. The van der Waals surface area contributed by atoms with Crippen LogP contribution in [0.5, 0.6) is 0 Å². The van der Waals surface area contributed by atoms with Gasteiger partial charge in [-0.25, -0.2) is 0 Å². The summed E-state index contributed by atoms with van der Waals surface area (Å²) < 4.78 is 38.2. The second kappa shape index (κ2) is 3.48. The Hall–Kier alpha value is -1.10. The van der Waals surface area contributed by atoms with Gasteiger partial charge >= 0.3 is 5.51 Å². The molecule has 15 heavy (non-hydrogen) atoms. The number of aromatic nitrogens is 1. The molecule has 0 N–H and O–H groups in total. The average Bonchev–Trinajstić information content (AvgIpc) is 2.45. The van der Waals surface area contributed by atoms with Crippen molar-refractivity contribution in [3.63, 3.8) is 0 Å². The molecule has 0 aliphatic rings. The largest absolute Gasteiger partial charge is 0.446 e. The van der Waals surface area contributed by atoms with Gasteiger partial charge in [0.15, 0.2) is 0 Å². The molecule has 1 nitrogen and oxygen atoms in total. The molecule has 0 saturated carbocycles. The number of fused-ring (bicyclic) bond motifs is 1. The molecule has 2 rings (SSSR count). The van der Waals surface area contributed by atoms with Crippen molar-refractivity contribution in [1.82, 2.24) is 4.57 Å². The number of benzene rings is 1. The van der Waals surface area contributed by atoms with E-state index in [-0.39, 0.29) is 16.7 Å². The third-order valence-electron chi connectivity index (χ3n) is 2.09. The summed E-state index contributed by atoms with van der Waals surface area (Å²) in [6.07, 6.45) is 1.83. The maximum atomic E-state index is 12.1. The number of halogens is 3. The summed E-state index contributed by atoms with van der Waals surface area (Å²) in [5.41, 5.74) is -3.29. The molecule has 5 heteroatoms. The van der Waals surface area contributed by atoms with Crippen molar-refractivity contribution >= 4 is 22.7 Å². The normalized spacial score (nSPS) is 12.3. The van der Waals surface area contributed by atoms with Crippen LogP contribution < -0.4 is 0 Å². The fourth-order valence-corrected chi connectivity index (χ4v) is 2.05. The van der Waals surface area contributed by atoms with Crippen LogP contribution in [0.1, 0.15) is 0 Å². The number of thioether (sulfide) groups is 1. The molecule has 0 atom stereocenters. The number of nitrogens with zero attached hydrogens (tertiary/aromatic N) is 1. The summed E-state index contributed by atoms with van der Waals surface area (Å²) in [5.74, 6) is 0. The third kappa shape index (κ3) is 2.28. The van der Waals surface area contributed by atoms with Crippen LogP contribution in [-0.2, 0) is 7.05 Å². The Labute approximate surface area is 88.9 Å². The van der Waals surface area contributed by atoms with Gasteiger partial charge in [-0.05, 0) is 36.0 Å². The molecule has 0 aliphatic carbocycles. The number of aryl methyl sites for hydroxylation is 1. The Kier molecular flexibility index (Phi) is 2.42. The molecule has 0 spiro atoms. The van der Waals surface area contributed by atoms with E-state index in [0.29, 0.717) is 0 Å². The van der Waals surface area contributed by atoms with Gasteiger partial charge in [-0.15, -0.1) is 0 Å². The van der Waals surface area contributed by atoms with E-state index in [1.165, 1.54) is 6.07 Å². The Morgan fingerprint density at radius 3 is 2.60 bits per heavy atom. The second-order valence-electron chi connectivity index (χ2n) is 3.20. The molecule has 0 unspecified atom stereocenters. The van der Waals surface area contributed by atoms with E-state index in [9.17, 15) is 13.2 Å². The van der Waals surface area contributed by atoms with Gasteiger partial charge in [0.1, 0.15) is 0 Å². The van der Waals surface area contributed by atoms with E-state index < -0.39 is 5.51 Å². The van der Waals surface area contributed by atoms with Crippen molar-refractivity contribution in [3.8, 4) is 0 Å². The lowest BCUT2D eigenvalue weighted by molar-refractivity contribution is -0.0328. The quantitative estimate of drug-likeness (QED) is 0.676. The minimum absolute atomic E-state index is 0.0844. The number of alkyl halides is 3. The van der Waals surface area contributed by atoms with Gasteiger partial charge in [0.25, 0.3) is 0 Å². The maximum absolute atomic E-state index is 12.1.